The molecule has 2 aromatic rings. The quantitative estimate of drug-likeness (QED) is 0.701. The molecule has 29 heavy (non-hydrogen) atoms. The highest BCUT2D eigenvalue weighted by Gasteiger charge is 2.38. The molecule has 1 amide bonds. The number of hydrogen-bond donors (Lipinski definition) is 0. The van der Waals surface area contributed by atoms with Crippen molar-refractivity contribution in [3.05, 3.63) is 48.0 Å². The first-order valence-corrected chi connectivity index (χ1v) is 10.7. The minimum Gasteiger partial charge on any atom is -0.466 e. The van der Waals surface area contributed by atoms with Crippen LogP contribution in [0.2, 0.25) is 0 Å². The molecule has 0 fully saturated rings. The van der Waals surface area contributed by atoms with E-state index < -0.39 is 27.5 Å². The Morgan fingerprint density at radius 1 is 1.00 bits per heavy atom. The van der Waals surface area contributed by atoms with Crippen LogP contribution in [0.5, 0.6) is 0 Å². The van der Waals surface area contributed by atoms with Crippen LogP contribution in [0.3, 0.4) is 0 Å². The summed E-state index contributed by atoms with van der Waals surface area (Å²) in [5, 5.41) is 0. The minimum absolute atomic E-state index is 0.0188. The van der Waals surface area contributed by atoms with Crippen LogP contribution in [0.15, 0.2) is 52.3 Å². The molecule has 1 aliphatic heterocycles. The fourth-order valence-corrected chi connectivity index (χ4v) is 4.68. The van der Waals surface area contributed by atoms with Gasteiger partial charge in [-0.15, -0.1) is 0 Å². The number of benzene rings is 2. The van der Waals surface area contributed by atoms with Crippen LogP contribution in [0.25, 0.3) is 0 Å². The van der Waals surface area contributed by atoms with Crippen molar-refractivity contribution >= 4 is 33.3 Å². The zero-order valence-electron chi connectivity index (χ0n) is 16.8. The van der Waals surface area contributed by atoms with Crippen molar-refractivity contribution in [2.24, 2.45) is 0 Å². The number of hydrogen-bond acceptors (Lipinski definition) is 6. The van der Waals surface area contributed by atoms with E-state index in [0.29, 0.717) is 5.56 Å². The fourth-order valence-electron chi connectivity index (χ4n) is 3.08. The van der Waals surface area contributed by atoms with Crippen LogP contribution < -0.4 is 4.90 Å². The third-order valence-electron chi connectivity index (χ3n) is 4.18. The van der Waals surface area contributed by atoms with Gasteiger partial charge in [-0.1, -0.05) is 18.2 Å². The van der Waals surface area contributed by atoms with Gasteiger partial charge >= 0.3 is 12.1 Å². The second-order valence-electron chi connectivity index (χ2n) is 7.57. The van der Waals surface area contributed by atoms with Crippen molar-refractivity contribution in [2.75, 3.05) is 11.5 Å². The molecule has 0 spiro atoms. The van der Waals surface area contributed by atoms with Crippen LogP contribution >= 0.6 is 0 Å². The maximum atomic E-state index is 13.1. The maximum absolute atomic E-state index is 13.1. The second-order valence-corrected chi connectivity index (χ2v) is 9.46. The van der Waals surface area contributed by atoms with Gasteiger partial charge in [0.25, 0.3) is 0 Å². The molecule has 0 bridgehead atoms. The summed E-state index contributed by atoms with van der Waals surface area (Å²) in [5.41, 5.74) is 0.123. The maximum Gasteiger partial charge on any atom is 0.419 e. The van der Waals surface area contributed by atoms with E-state index in [0.717, 1.165) is 0 Å². The average Bonchev–Trinajstić information content (AvgIpc) is 2.60. The van der Waals surface area contributed by atoms with Gasteiger partial charge in [-0.05, 0) is 57.5 Å². The highest BCUT2D eigenvalue weighted by molar-refractivity contribution is 7.92. The SMILES string of the molecule is CCOC(=O)Cc1ccc2c(c1)N(C(=O)OC(C)(C)C)c1ccccc1S2(=O)=O. The second kappa shape index (κ2) is 7.51. The number of carbonyl (C=O) groups is 2. The monoisotopic (exact) mass is 417 g/mol. The van der Waals surface area contributed by atoms with E-state index >= 15 is 0 Å². The minimum atomic E-state index is -3.83. The molecule has 154 valence electrons. The molecule has 1 aliphatic rings. The number of rotatable bonds is 3. The lowest BCUT2D eigenvalue weighted by Crippen LogP contribution is -2.37. The first-order valence-electron chi connectivity index (χ1n) is 9.20. The largest absolute Gasteiger partial charge is 0.466 e. The number of ether oxygens (including phenoxy) is 2. The Balaban J connectivity index is 2.16. The molecule has 0 N–H and O–H groups in total. The summed E-state index contributed by atoms with van der Waals surface area (Å²) in [6, 6.07) is 10.7. The van der Waals surface area contributed by atoms with Crippen molar-refractivity contribution in [2.45, 2.75) is 49.5 Å². The summed E-state index contributed by atoms with van der Waals surface area (Å²) in [6.07, 6.45) is -0.736. The highest BCUT2D eigenvalue weighted by Crippen LogP contribution is 2.45. The molecule has 0 radical (unpaired) electrons. The van der Waals surface area contributed by atoms with Crippen molar-refractivity contribution < 1.29 is 27.5 Å². The number of carbonyl (C=O) groups excluding carboxylic acids is 2. The third kappa shape index (κ3) is 4.12. The van der Waals surface area contributed by atoms with Crippen molar-refractivity contribution in [3.8, 4) is 0 Å². The molecular formula is C21H23NO6S. The summed E-state index contributed by atoms with van der Waals surface area (Å²) < 4.78 is 36.7. The zero-order chi connectivity index (χ0) is 21.4. The van der Waals surface area contributed by atoms with Gasteiger partial charge in [0.1, 0.15) is 5.60 Å². The van der Waals surface area contributed by atoms with Crippen molar-refractivity contribution in [3.63, 3.8) is 0 Å². The Morgan fingerprint density at radius 2 is 1.66 bits per heavy atom. The van der Waals surface area contributed by atoms with E-state index in [1.54, 1.807) is 52.0 Å². The van der Waals surface area contributed by atoms with E-state index in [9.17, 15) is 18.0 Å². The lowest BCUT2D eigenvalue weighted by molar-refractivity contribution is -0.142. The number of para-hydroxylation sites is 1. The van der Waals surface area contributed by atoms with Gasteiger partial charge in [-0.25, -0.2) is 18.1 Å². The predicted octanol–water partition coefficient (Wildman–Crippen LogP) is 4.01. The predicted molar refractivity (Wildman–Crippen MR) is 107 cm³/mol. The Bertz CT molecular complexity index is 1070. The topological polar surface area (TPSA) is 90.0 Å². The van der Waals surface area contributed by atoms with Gasteiger partial charge in [-0.2, -0.15) is 0 Å². The normalized spacial score (nSPS) is 14.6. The molecule has 7 nitrogen and oxygen atoms in total. The van der Waals surface area contributed by atoms with E-state index in [-0.39, 0.29) is 34.2 Å². The number of fused-ring (bicyclic) bond motifs is 2. The summed E-state index contributed by atoms with van der Waals surface area (Å²) in [5.74, 6) is -0.435. The highest BCUT2D eigenvalue weighted by atomic mass is 32.2. The van der Waals surface area contributed by atoms with Crippen LogP contribution in [-0.2, 0) is 30.5 Å². The summed E-state index contributed by atoms with van der Waals surface area (Å²) in [4.78, 5) is 26.1. The standard InChI is InChI=1S/C21H23NO6S/c1-5-27-19(23)13-14-10-11-18-16(12-14)22(20(24)28-21(2,3)4)15-8-6-7-9-17(15)29(18,25)26/h6-12H,5,13H2,1-4H3. The summed E-state index contributed by atoms with van der Waals surface area (Å²) in [6.45, 7) is 7.15. The van der Waals surface area contributed by atoms with E-state index in [1.165, 1.54) is 23.1 Å². The molecule has 1 heterocycles. The van der Waals surface area contributed by atoms with Crippen molar-refractivity contribution in [1.82, 2.24) is 0 Å². The summed E-state index contributed by atoms with van der Waals surface area (Å²) >= 11 is 0. The first-order chi connectivity index (χ1) is 13.5. The number of esters is 1. The molecule has 0 unspecified atom stereocenters. The fraction of sp³-hybridized carbons (Fsp3) is 0.333. The number of nitrogens with zero attached hydrogens (tertiary/aromatic N) is 1. The Hall–Kier alpha value is -2.87. The average molecular weight is 417 g/mol. The smallest absolute Gasteiger partial charge is 0.419 e. The molecule has 0 saturated carbocycles. The Kier molecular flexibility index (Phi) is 5.40. The molecule has 0 atom stereocenters. The van der Waals surface area contributed by atoms with Crippen LogP contribution in [0.4, 0.5) is 16.2 Å². The van der Waals surface area contributed by atoms with Gasteiger partial charge in [-0.3, -0.25) is 4.79 Å². The molecular weight excluding hydrogens is 394 g/mol. The van der Waals surface area contributed by atoms with Gasteiger partial charge in [0.05, 0.1) is 34.2 Å². The van der Waals surface area contributed by atoms with Gasteiger partial charge < -0.3 is 9.47 Å². The Labute approximate surface area is 170 Å². The molecule has 8 heteroatoms. The summed E-state index contributed by atoms with van der Waals surface area (Å²) in [7, 11) is -3.83. The Morgan fingerprint density at radius 3 is 2.31 bits per heavy atom. The van der Waals surface area contributed by atoms with Crippen molar-refractivity contribution in [1.29, 1.82) is 0 Å². The molecule has 0 aromatic heterocycles. The lowest BCUT2D eigenvalue weighted by atomic mass is 10.1. The van der Waals surface area contributed by atoms with E-state index in [1.807, 2.05) is 0 Å². The van der Waals surface area contributed by atoms with Crippen LogP contribution in [-0.4, -0.2) is 32.7 Å². The molecule has 0 aliphatic carbocycles. The van der Waals surface area contributed by atoms with E-state index in [4.69, 9.17) is 9.47 Å². The van der Waals surface area contributed by atoms with Crippen LogP contribution in [0.1, 0.15) is 33.3 Å². The lowest BCUT2D eigenvalue weighted by Gasteiger charge is -2.33. The third-order valence-corrected chi connectivity index (χ3v) is 6.03. The zero-order valence-corrected chi connectivity index (χ0v) is 17.6. The number of sulfone groups is 1. The number of anilines is 2. The first kappa shape index (κ1) is 20.9. The van der Waals surface area contributed by atoms with Crippen LogP contribution in [0, 0.1) is 0 Å². The van der Waals surface area contributed by atoms with Gasteiger partial charge in [0.2, 0.25) is 9.84 Å². The van der Waals surface area contributed by atoms with Gasteiger partial charge in [0.15, 0.2) is 0 Å². The molecule has 0 saturated heterocycles. The number of amides is 1. The van der Waals surface area contributed by atoms with E-state index in [2.05, 4.69) is 0 Å². The molecule has 2 aromatic carbocycles. The molecule has 3 rings (SSSR count). The van der Waals surface area contributed by atoms with Gasteiger partial charge in [0, 0.05) is 0 Å².